The number of hydrogen-bond acceptors (Lipinski definition) is 4. The van der Waals surface area contributed by atoms with Crippen molar-refractivity contribution in [1.82, 2.24) is 5.32 Å². The maximum Gasteiger partial charge on any atom is 0.312 e. The summed E-state index contributed by atoms with van der Waals surface area (Å²) < 4.78 is 22.5. The van der Waals surface area contributed by atoms with Gasteiger partial charge in [0.25, 0.3) is 0 Å². The minimum Gasteiger partial charge on any atom is -0.481 e. The second-order valence-corrected chi connectivity index (χ2v) is 5.95. The van der Waals surface area contributed by atoms with Crippen LogP contribution in [0.4, 0.5) is 0 Å². The molecule has 2 rings (SSSR count). The van der Waals surface area contributed by atoms with Gasteiger partial charge in [0, 0.05) is 19.0 Å². The van der Waals surface area contributed by atoms with E-state index in [4.69, 9.17) is 5.11 Å². The average Bonchev–Trinajstić information content (AvgIpc) is 2.40. The highest BCUT2D eigenvalue weighted by molar-refractivity contribution is 7.91. The Hall–Kier alpha value is -0.330. The molecular formula is C7H12ClNO4S. The maximum absolute atomic E-state index is 11.3. The fourth-order valence-corrected chi connectivity index (χ4v) is 4.68. The topological polar surface area (TPSA) is 83.5 Å². The SMILES string of the molecule is Cl.O=C(O)[C@]12CNC[C@H]1CS(=O)(=O)C2. The number of sulfone groups is 1. The van der Waals surface area contributed by atoms with Gasteiger partial charge in [0.1, 0.15) is 0 Å². The standard InChI is InChI=1S/C7H11NO4S.ClH/c9-6(10)7-3-8-1-5(7)2-13(11,12)4-7;/h5,8H,1-4H2,(H,9,10);1H/t5-,7-;/m0./s1. The molecule has 2 N–H and O–H groups in total. The van der Waals surface area contributed by atoms with E-state index in [9.17, 15) is 13.2 Å². The van der Waals surface area contributed by atoms with Crippen LogP contribution in [0.1, 0.15) is 0 Å². The van der Waals surface area contributed by atoms with Crippen molar-refractivity contribution in [3.63, 3.8) is 0 Å². The normalized spacial score (nSPS) is 38.7. The molecule has 0 radical (unpaired) electrons. The number of halogens is 1. The maximum atomic E-state index is 11.3. The predicted octanol–water partition coefficient (Wildman–Crippen LogP) is -0.873. The summed E-state index contributed by atoms with van der Waals surface area (Å²) in [7, 11) is -3.13. The van der Waals surface area contributed by atoms with Crippen LogP contribution in [0, 0.1) is 11.3 Å². The van der Waals surface area contributed by atoms with Crippen molar-refractivity contribution < 1.29 is 18.3 Å². The van der Waals surface area contributed by atoms with E-state index < -0.39 is 21.2 Å². The van der Waals surface area contributed by atoms with Gasteiger partial charge in [-0.3, -0.25) is 4.79 Å². The van der Waals surface area contributed by atoms with Gasteiger partial charge in [-0.25, -0.2) is 8.42 Å². The predicted molar refractivity (Wildman–Crippen MR) is 52.3 cm³/mol. The van der Waals surface area contributed by atoms with E-state index in [-0.39, 0.29) is 36.4 Å². The molecule has 5 nitrogen and oxygen atoms in total. The Morgan fingerprint density at radius 1 is 1.50 bits per heavy atom. The summed E-state index contributed by atoms with van der Waals surface area (Å²) in [5.74, 6) is -1.40. The van der Waals surface area contributed by atoms with Crippen molar-refractivity contribution in [3.8, 4) is 0 Å². The smallest absolute Gasteiger partial charge is 0.312 e. The van der Waals surface area contributed by atoms with E-state index in [2.05, 4.69) is 5.32 Å². The van der Waals surface area contributed by atoms with Crippen LogP contribution in [0.5, 0.6) is 0 Å². The van der Waals surface area contributed by atoms with Crippen LogP contribution in [0.2, 0.25) is 0 Å². The third-order valence-corrected chi connectivity index (χ3v) is 4.84. The lowest BCUT2D eigenvalue weighted by Gasteiger charge is -2.19. The van der Waals surface area contributed by atoms with Gasteiger partial charge in [-0.1, -0.05) is 0 Å². The highest BCUT2D eigenvalue weighted by atomic mass is 35.5. The van der Waals surface area contributed by atoms with Crippen LogP contribution in [0.15, 0.2) is 0 Å². The minimum absolute atomic E-state index is 0. The summed E-state index contributed by atoms with van der Waals surface area (Å²) in [6.45, 7) is 0.789. The van der Waals surface area contributed by atoms with E-state index >= 15 is 0 Å². The summed E-state index contributed by atoms with van der Waals surface area (Å²) in [5, 5.41) is 11.9. The summed E-state index contributed by atoms with van der Waals surface area (Å²) in [4.78, 5) is 11.0. The molecule has 0 aromatic carbocycles. The zero-order chi connectivity index (χ0) is 9.69. The molecule has 2 fully saturated rings. The lowest BCUT2D eigenvalue weighted by Crippen LogP contribution is -2.38. The van der Waals surface area contributed by atoms with Crippen LogP contribution in [-0.4, -0.2) is 44.1 Å². The van der Waals surface area contributed by atoms with Gasteiger partial charge >= 0.3 is 5.97 Å². The first-order valence-electron chi connectivity index (χ1n) is 4.11. The molecule has 2 aliphatic rings. The molecule has 2 atom stereocenters. The molecular weight excluding hydrogens is 230 g/mol. The first kappa shape index (κ1) is 11.7. The van der Waals surface area contributed by atoms with Crippen LogP contribution in [-0.2, 0) is 14.6 Å². The van der Waals surface area contributed by atoms with Crippen LogP contribution >= 0.6 is 12.4 Å². The molecule has 0 unspecified atom stereocenters. The monoisotopic (exact) mass is 241 g/mol. The molecule has 2 saturated heterocycles. The number of rotatable bonds is 1. The Labute approximate surface area is 88.2 Å². The molecule has 2 heterocycles. The van der Waals surface area contributed by atoms with Crippen molar-refractivity contribution in [2.75, 3.05) is 24.6 Å². The number of nitrogens with one attached hydrogen (secondary N) is 1. The fourth-order valence-electron chi connectivity index (χ4n) is 2.27. The Morgan fingerprint density at radius 3 is 2.64 bits per heavy atom. The van der Waals surface area contributed by atoms with Gasteiger partial charge < -0.3 is 10.4 Å². The lowest BCUT2D eigenvalue weighted by molar-refractivity contribution is -0.147. The third kappa shape index (κ3) is 1.51. The molecule has 0 bridgehead atoms. The van der Waals surface area contributed by atoms with Crippen molar-refractivity contribution in [1.29, 1.82) is 0 Å². The van der Waals surface area contributed by atoms with Crippen LogP contribution in [0.25, 0.3) is 0 Å². The van der Waals surface area contributed by atoms with Gasteiger partial charge in [-0.2, -0.15) is 0 Å². The molecule has 0 aromatic heterocycles. The highest BCUT2D eigenvalue weighted by Crippen LogP contribution is 2.40. The minimum atomic E-state index is -3.13. The molecule has 0 amide bonds. The largest absolute Gasteiger partial charge is 0.481 e. The Balaban J connectivity index is 0.000000980. The number of fused-ring (bicyclic) bond motifs is 1. The highest BCUT2D eigenvalue weighted by Gasteiger charge is 2.58. The van der Waals surface area contributed by atoms with Gasteiger partial charge in [0.15, 0.2) is 9.84 Å². The number of hydrogen-bond donors (Lipinski definition) is 2. The van der Waals surface area contributed by atoms with E-state index in [0.717, 1.165) is 0 Å². The first-order chi connectivity index (χ1) is 5.96. The van der Waals surface area contributed by atoms with Crippen LogP contribution < -0.4 is 5.32 Å². The molecule has 0 aromatic rings. The van der Waals surface area contributed by atoms with E-state index in [0.29, 0.717) is 6.54 Å². The van der Waals surface area contributed by atoms with Gasteiger partial charge in [0.05, 0.1) is 16.9 Å². The molecule has 7 heteroatoms. The third-order valence-electron chi connectivity index (χ3n) is 2.97. The molecule has 82 valence electrons. The van der Waals surface area contributed by atoms with E-state index in [1.54, 1.807) is 0 Å². The van der Waals surface area contributed by atoms with Crippen molar-refractivity contribution >= 4 is 28.2 Å². The second-order valence-electron chi connectivity index (χ2n) is 3.84. The zero-order valence-corrected chi connectivity index (χ0v) is 9.03. The molecule has 0 spiro atoms. The van der Waals surface area contributed by atoms with Crippen molar-refractivity contribution in [2.45, 2.75) is 0 Å². The van der Waals surface area contributed by atoms with Crippen molar-refractivity contribution in [2.24, 2.45) is 11.3 Å². The Kier molecular flexibility index (Phi) is 2.82. The van der Waals surface area contributed by atoms with Gasteiger partial charge in [0.2, 0.25) is 0 Å². The molecule has 14 heavy (non-hydrogen) atoms. The number of carboxylic acids is 1. The molecule has 2 aliphatic heterocycles. The summed E-state index contributed by atoms with van der Waals surface area (Å²) in [6.07, 6.45) is 0. The number of carboxylic acid groups (broad SMARTS) is 1. The first-order valence-corrected chi connectivity index (χ1v) is 5.93. The molecule has 0 saturated carbocycles. The molecule has 0 aliphatic carbocycles. The Morgan fingerprint density at radius 2 is 2.14 bits per heavy atom. The zero-order valence-electron chi connectivity index (χ0n) is 7.39. The second kappa shape index (κ2) is 3.36. The van der Waals surface area contributed by atoms with E-state index in [1.807, 2.05) is 0 Å². The summed E-state index contributed by atoms with van der Waals surface area (Å²) in [6, 6.07) is 0. The summed E-state index contributed by atoms with van der Waals surface area (Å²) >= 11 is 0. The summed E-state index contributed by atoms with van der Waals surface area (Å²) in [5.41, 5.74) is -1.04. The Bertz CT molecular complexity index is 355. The average molecular weight is 242 g/mol. The number of aliphatic carboxylic acids is 1. The quantitative estimate of drug-likeness (QED) is 0.623. The fraction of sp³-hybridized carbons (Fsp3) is 0.857. The van der Waals surface area contributed by atoms with Crippen molar-refractivity contribution in [3.05, 3.63) is 0 Å². The number of carbonyl (C=O) groups is 1. The van der Waals surface area contributed by atoms with Gasteiger partial charge in [-0.05, 0) is 0 Å². The lowest BCUT2D eigenvalue weighted by atomic mass is 9.81. The van der Waals surface area contributed by atoms with Crippen LogP contribution in [0.3, 0.4) is 0 Å². The van der Waals surface area contributed by atoms with E-state index in [1.165, 1.54) is 0 Å². The van der Waals surface area contributed by atoms with Gasteiger partial charge in [-0.15, -0.1) is 12.4 Å².